The molecule has 0 radical (unpaired) electrons. The van der Waals surface area contributed by atoms with Crippen molar-refractivity contribution in [3.05, 3.63) is 74.5 Å². The normalized spacial score (nSPS) is 12.0. The third-order valence-electron chi connectivity index (χ3n) is 3.71. The Balaban J connectivity index is 2.19. The highest BCUT2D eigenvalue weighted by Crippen LogP contribution is 2.24. The quantitative estimate of drug-likeness (QED) is 0.628. The second-order valence-electron chi connectivity index (χ2n) is 5.66. The van der Waals surface area contributed by atoms with Gasteiger partial charge in [0.25, 0.3) is 11.6 Å². The molecule has 0 heterocycles. The zero-order valence-corrected chi connectivity index (χ0v) is 14.5. The second-order valence-corrected chi connectivity index (χ2v) is 6.10. The molecule has 1 amide bonds. The predicted octanol–water partition coefficient (Wildman–Crippen LogP) is 3.42. The summed E-state index contributed by atoms with van der Waals surface area (Å²) in [5, 5.41) is 13.9. The summed E-state index contributed by atoms with van der Waals surface area (Å²) in [7, 11) is 3.60. The van der Waals surface area contributed by atoms with E-state index in [-0.39, 0.29) is 34.7 Å². The number of halogens is 2. The molecule has 2 aromatic carbocycles. The molecule has 0 fully saturated rings. The average Bonchev–Trinajstić information content (AvgIpc) is 2.54. The smallest absolute Gasteiger partial charge is 0.283 e. The summed E-state index contributed by atoms with van der Waals surface area (Å²) < 4.78 is 13.4. The number of nitrogens with zero attached hydrogens (tertiary/aromatic N) is 2. The van der Waals surface area contributed by atoms with Crippen LogP contribution in [-0.4, -0.2) is 36.4 Å². The van der Waals surface area contributed by atoms with Gasteiger partial charge in [0, 0.05) is 17.6 Å². The lowest BCUT2D eigenvalue weighted by Gasteiger charge is -2.25. The largest absolute Gasteiger partial charge is 0.350 e. The summed E-state index contributed by atoms with van der Waals surface area (Å²) in [5.74, 6) is -0.962. The molecule has 6 nitrogen and oxygen atoms in total. The number of hydrogen-bond acceptors (Lipinski definition) is 4. The highest BCUT2D eigenvalue weighted by atomic mass is 35.5. The lowest BCUT2D eigenvalue weighted by molar-refractivity contribution is -0.385. The second kappa shape index (κ2) is 8.04. The molecule has 1 atom stereocenters. The number of hydrogen-bond donors (Lipinski definition) is 1. The molecule has 0 aliphatic carbocycles. The number of nitro groups is 1. The minimum absolute atomic E-state index is 0.0776. The molecule has 0 aliphatic rings. The van der Waals surface area contributed by atoms with Crippen LogP contribution in [0.1, 0.15) is 22.0 Å². The number of carbonyl (C=O) groups is 1. The van der Waals surface area contributed by atoms with Gasteiger partial charge in [-0.05, 0) is 43.9 Å². The van der Waals surface area contributed by atoms with Crippen LogP contribution in [0.4, 0.5) is 10.1 Å². The van der Waals surface area contributed by atoms with E-state index in [0.717, 1.165) is 6.07 Å². The molecule has 0 saturated heterocycles. The topological polar surface area (TPSA) is 75.5 Å². The molecule has 8 heteroatoms. The van der Waals surface area contributed by atoms with Crippen LogP contribution in [0.25, 0.3) is 0 Å². The number of benzene rings is 2. The van der Waals surface area contributed by atoms with E-state index in [2.05, 4.69) is 5.32 Å². The van der Waals surface area contributed by atoms with Crippen molar-refractivity contribution in [1.82, 2.24) is 10.2 Å². The van der Waals surface area contributed by atoms with E-state index in [4.69, 9.17) is 11.6 Å². The fourth-order valence-electron chi connectivity index (χ4n) is 2.44. The Morgan fingerprint density at radius 1 is 1.32 bits per heavy atom. The molecule has 0 spiro atoms. The Labute approximate surface area is 149 Å². The monoisotopic (exact) mass is 365 g/mol. The van der Waals surface area contributed by atoms with Crippen LogP contribution in [0, 0.1) is 15.9 Å². The summed E-state index contributed by atoms with van der Waals surface area (Å²) in [6, 6.07) is 9.64. The van der Waals surface area contributed by atoms with Gasteiger partial charge < -0.3 is 10.2 Å². The van der Waals surface area contributed by atoms with Crippen molar-refractivity contribution in [2.24, 2.45) is 0 Å². The first-order chi connectivity index (χ1) is 11.8. The van der Waals surface area contributed by atoms with Crippen molar-refractivity contribution in [3.63, 3.8) is 0 Å². The Kier molecular flexibility index (Phi) is 6.06. The molecule has 1 N–H and O–H groups in total. The standard InChI is InChI=1S/C17H17ClFN3O3/c1-21(2)16(11-4-3-5-13(19)8-11)10-20-17(23)14-7-6-12(18)9-15(14)22(24)25/h3-9,16H,10H2,1-2H3,(H,20,23). The van der Waals surface area contributed by atoms with Crippen molar-refractivity contribution in [1.29, 1.82) is 0 Å². The summed E-state index contributed by atoms with van der Waals surface area (Å²) >= 11 is 5.75. The van der Waals surface area contributed by atoms with E-state index in [1.165, 1.54) is 24.3 Å². The summed E-state index contributed by atoms with van der Waals surface area (Å²) in [6.07, 6.45) is 0. The van der Waals surface area contributed by atoms with Gasteiger partial charge in [-0.25, -0.2) is 4.39 Å². The minimum atomic E-state index is -0.656. The number of carbonyl (C=O) groups excluding carboxylic acids is 1. The first kappa shape index (κ1) is 18.8. The third-order valence-corrected chi connectivity index (χ3v) is 3.95. The van der Waals surface area contributed by atoms with Crippen LogP contribution in [0.2, 0.25) is 5.02 Å². The van der Waals surface area contributed by atoms with Crippen molar-refractivity contribution in [2.75, 3.05) is 20.6 Å². The molecule has 0 bridgehead atoms. The molecule has 2 aromatic rings. The summed E-state index contributed by atoms with van der Waals surface area (Å²) in [5.41, 5.74) is 0.249. The van der Waals surface area contributed by atoms with Gasteiger partial charge in [-0.3, -0.25) is 14.9 Å². The maximum atomic E-state index is 13.4. The average molecular weight is 366 g/mol. The SMILES string of the molecule is CN(C)C(CNC(=O)c1ccc(Cl)cc1[N+](=O)[O-])c1cccc(F)c1. The lowest BCUT2D eigenvalue weighted by atomic mass is 10.1. The molecule has 0 saturated carbocycles. The summed E-state index contributed by atoms with van der Waals surface area (Å²) in [6.45, 7) is 0.162. The number of nitrogens with one attached hydrogen (secondary N) is 1. The maximum absolute atomic E-state index is 13.4. The van der Waals surface area contributed by atoms with Gasteiger partial charge in [0.05, 0.1) is 11.0 Å². The van der Waals surface area contributed by atoms with Gasteiger partial charge in [-0.1, -0.05) is 23.7 Å². The highest BCUT2D eigenvalue weighted by molar-refractivity contribution is 6.31. The fraction of sp³-hybridized carbons (Fsp3) is 0.235. The van der Waals surface area contributed by atoms with E-state index >= 15 is 0 Å². The van der Waals surface area contributed by atoms with E-state index in [9.17, 15) is 19.3 Å². The molecule has 132 valence electrons. The van der Waals surface area contributed by atoms with Gasteiger partial charge in [-0.15, -0.1) is 0 Å². The van der Waals surface area contributed by atoms with Crippen molar-refractivity contribution < 1.29 is 14.1 Å². The molecule has 0 aromatic heterocycles. The first-order valence-corrected chi connectivity index (χ1v) is 7.81. The number of likely N-dealkylation sites (N-methyl/N-ethyl adjacent to an activating group) is 1. The summed E-state index contributed by atoms with van der Waals surface area (Å²) in [4.78, 5) is 24.6. The van der Waals surface area contributed by atoms with Crippen molar-refractivity contribution in [3.8, 4) is 0 Å². The zero-order chi connectivity index (χ0) is 18.6. The third kappa shape index (κ3) is 4.74. The minimum Gasteiger partial charge on any atom is -0.350 e. The van der Waals surface area contributed by atoms with Gasteiger partial charge in [0.15, 0.2) is 0 Å². The highest BCUT2D eigenvalue weighted by Gasteiger charge is 2.22. The van der Waals surface area contributed by atoms with Gasteiger partial charge in [0.2, 0.25) is 0 Å². The predicted molar refractivity (Wildman–Crippen MR) is 93.3 cm³/mol. The Bertz CT molecular complexity index is 798. The van der Waals surface area contributed by atoms with Crippen LogP contribution in [0.3, 0.4) is 0 Å². The van der Waals surface area contributed by atoms with Crippen LogP contribution in [-0.2, 0) is 0 Å². The number of rotatable bonds is 6. The van der Waals surface area contributed by atoms with Crippen LogP contribution >= 0.6 is 11.6 Å². The van der Waals surface area contributed by atoms with E-state index in [1.807, 2.05) is 4.90 Å². The Morgan fingerprint density at radius 2 is 2.04 bits per heavy atom. The maximum Gasteiger partial charge on any atom is 0.283 e. The molecule has 1 unspecified atom stereocenters. The Morgan fingerprint density at radius 3 is 2.64 bits per heavy atom. The molecule has 25 heavy (non-hydrogen) atoms. The van der Waals surface area contributed by atoms with Gasteiger partial charge >= 0.3 is 0 Å². The van der Waals surface area contributed by atoms with Crippen LogP contribution in [0.15, 0.2) is 42.5 Å². The molecule has 0 aliphatic heterocycles. The first-order valence-electron chi connectivity index (χ1n) is 7.43. The molecule has 2 rings (SSSR count). The van der Waals surface area contributed by atoms with Gasteiger partial charge in [-0.2, -0.15) is 0 Å². The fourth-order valence-corrected chi connectivity index (χ4v) is 2.61. The molecular formula is C17H17ClFN3O3. The zero-order valence-electron chi connectivity index (χ0n) is 13.7. The van der Waals surface area contributed by atoms with E-state index in [1.54, 1.807) is 26.2 Å². The number of nitro benzene ring substituents is 1. The van der Waals surface area contributed by atoms with E-state index in [0.29, 0.717) is 5.56 Å². The lowest BCUT2D eigenvalue weighted by Crippen LogP contribution is -2.34. The van der Waals surface area contributed by atoms with E-state index < -0.39 is 10.8 Å². The van der Waals surface area contributed by atoms with Crippen LogP contribution < -0.4 is 5.32 Å². The van der Waals surface area contributed by atoms with Crippen molar-refractivity contribution in [2.45, 2.75) is 6.04 Å². The molecular weight excluding hydrogens is 349 g/mol. The number of amides is 1. The van der Waals surface area contributed by atoms with Crippen LogP contribution in [0.5, 0.6) is 0 Å². The van der Waals surface area contributed by atoms with Gasteiger partial charge in [0.1, 0.15) is 11.4 Å². The Hall–Kier alpha value is -2.51. The van der Waals surface area contributed by atoms with Crippen molar-refractivity contribution >= 4 is 23.2 Å².